The van der Waals surface area contributed by atoms with Crippen molar-refractivity contribution in [3.63, 3.8) is 0 Å². The minimum absolute atomic E-state index is 0.0123. The highest BCUT2D eigenvalue weighted by Gasteiger charge is 2.57. The Labute approximate surface area is 274 Å². The molecule has 3 aliphatic rings. The number of methoxy groups -OCH3 is 2. The van der Waals surface area contributed by atoms with Gasteiger partial charge in [-0.1, -0.05) is 88.5 Å². The molecule has 0 amide bonds. The number of hydrogen-bond acceptors (Lipinski definition) is 5. The fourth-order valence-electron chi connectivity index (χ4n) is 7.09. The van der Waals surface area contributed by atoms with E-state index >= 15 is 0 Å². The Morgan fingerprint density at radius 1 is 0.667 bits per heavy atom. The molecule has 2 heterocycles. The van der Waals surface area contributed by atoms with Gasteiger partial charge < -0.3 is 18.9 Å². The Kier molecular flexibility index (Phi) is 11.3. The number of ether oxygens (including phenoxy) is 4. The molecule has 3 aromatic rings. The summed E-state index contributed by atoms with van der Waals surface area (Å²) in [6, 6.07) is 8.82. The third-order valence-corrected chi connectivity index (χ3v) is 9.41. The van der Waals surface area contributed by atoms with Crippen molar-refractivity contribution in [2.75, 3.05) is 14.2 Å². The van der Waals surface area contributed by atoms with E-state index in [1.165, 1.54) is 41.5 Å². The summed E-state index contributed by atoms with van der Waals surface area (Å²) in [5.74, 6) is 4.34. The second-order valence-corrected chi connectivity index (χ2v) is 13.8. The van der Waals surface area contributed by atoms with Gasteiger partial charge in [-0.2, -0.15) is 0 Å². The summed E-state index contributed by atoms with van der Waals surface area (Å²) in [4.78, 5) is 4.69. The van der Waals surface area contributed by atoms with Gasteiger partial charge in [-0.25, -0.2) is 4.98 Å². The first-order valence-electron chi connectivity index (χ1n) is 17.0. The average Bonchev–Trinajstić information content (AvgIpc) is 3.37. The van der Waals surface area contributed by atoms with Gasteiger partial charge in [-0.3, -0.25) is 0 Å². The standard InChI is InChI=1S/C31H35NO4.C4H10.C3H8.C2H6/c1-16-17(2)27-28(32-18(16)3)36-26-11-20-22(13-25(26)35-27)31(15-30(20,6)7)14-29(4,5)19-10-23(33-8)24(34-9)12-21(19)31;1-3-4-2;1-3-2;1-2/h10-13H,14-15H2,1-9H3;3-4H2,1-2H3;3H2,1-2H3;1-2H3. The van der Waals surface area contributed by atoms with E-state index < -0.39 is 0 Å². The molecule has 5 heteroatoms. The number of benzene rings is 2. The lowest BCUT2D eigenvalue weighted by Gasteiger charge is -2.31. The van der Waals surface area contributed by atoms with E-state index in [2.05, 4.69) is 98.5 Å². The van der Waals surface area contributed by atoms with Crippen LogP contribution in [0.15, 0.2) is 24.3 Å². The van der Waals surface area contributed by atoms with E-state index in [0.717, 1.165) is 58.4 Å². The number of fused-ring (bicyclic) bond motifs is 6. The van der Waals surface area contributed by atoms with Crippen LogP contribution in [0, 0.1) is 20.8 Å². The van der Waals surface area contributed by atoms with E-state index in [-0.39, 0.29) is 16.2 Å². The van der Waals surface area contributed by atoms with Crippen LogP contribution in [0.25, 0.3) is 0 Å². The highest BCUT2D eigenvalue weighted by Crippen LogP contribution is 2.65. The molecule has 1 unspecified atom stereocenters. The largest absolute Gasteiger partial charge is 0.493 e. The Morgan fingerprint density at radius 3 is 1.58 bits per heavy atom. The van der Waals surface area contributed by atoms with Crippen molar-refractivity contribution in [3.05, 3.63) is 63.3 Å². The van der Waals surface area contributed by atoms with E-state index in [9.17, 15) is 0 Å². The summed E-state index contributed by atoms with van der Waals surface area (Å²) in [6.45, 7) is 28.1. The van der Waals surface area contributed by atoms with Gasteiger partial charge in [-0.15, -0.1) is 0 Å². The molecule has 1 spiro atoms. The first-order chi connectivity index (χ1) is 21.2. The highest BCUT2D eigenvalue weighted by molar-refractivity contribution is 5.67. The highest BCUT2D eigenvalue weighted by atomic mass is 16.6. The first-order valence-corrected chi connectivity index (χ1v) is 17.0. The second kappa shape index (κ2) is 14.1. The van der Waals surface area contributed by atoms with Gasteiger partial charge >= 0.3 is 0 Å². The van der Waals surface area contributed by atoms with Crippen LogP contribution >= 0.6 is 0 Å². The number of pyridine rings is 1. The van der Waals surface area contributed by atoms with Gasteiger partial charge in [0.1, 0.15) is 0 Å². The maximum absolute atomic E-state index is 6.53. The molecule has 2 aliphatic carbocycles. The van der Waals surface area contributed by atoms with E-state index in [1.807, 2.05) is 20.8 Å². The van der Waals surface area contributed by atoms with Crippen molar-refractivity contribution >= 4 is 0 Å². The first kappa shape index (κ1) is 36.3. The van der Waals surface area contributed by atoms with Crippen LogP contribution in [0.5, 0.6) is 34.6 Å². The molecule has 0 radical (unpaired) electrons. The van der Waals surface area contributed by atoms with Gasteiger partial charge in [0, 0.05) is 16.7 Å². The number of nitrogens with zero attached hydrogens (tertiary/aromatic N) is 1. The number of rotatable bonds is 3. The fourth-order valence-corrected chi connectivity index (χ4v) is 7.09. The van der Waals surface area contributed by atoms with Crippen LogP contribution in [-0.4, -0.2) is 19.2 Å². The fraction of sp³-hybridized carbons (Fsp3) is 0.575. The van der Waals surface area contributed by atoms with Crippen LogP contribution in [0.3, 0.4) is 0 Å². The summed E-state index contributed by atoms with van der Waals surface area (Å²) in [7, 11) is 3.42. The van der Waals surface area contributed by atoms with Crippen LogP contribution < -0.4 is 18.9 Å². The third kappa shape index (κ3) is 6.42. The van der Waals surface area contributed by atoms with Crippen molar-refractivity contribution in [2.24, 2.45) is 0 Å². The van der Waals surface area contributed by atoms with E-state index in [4.69, 9.17) is 18.9 Å². The molecular weight excluding hydrogens is 558 g/mol. The van der Waals surface area contributed by atoms with Crippen molar-refractivity contribution in [3.8, 4) is 34.6 Å². The monoisotopic (exact) mass is 617 g/mol. The zero-order chi connectivity index (χ0) is 33.9. The van der Waals surface area contributed by atoms with E-state index in [0.29, 0.717) is 5.88 Å². The Hall–Kier alpha value is -3.21. The van der Waals surface area contributed by atoms with Crippen molar-refractivity contribution in [1.29, 1.82) is 0 Å². The summed E-state index contributed by atoms with van der Waals surface area (Å²) in [6.07, 6.45) is 5.91. The van der Waals surface area contributed by atoms with E-state index in [1.54, 1.807) is 14.2 Å². The maximum atomic E-state index is 6.53. The Bertz CT molecular complexity index is 1500. The topological polar surface area (TPSA) is 49.8 Å². The van der Waals surface area contributed by atoms with Crippen LogP contribution in [0.1, 0.15) is 140 Å². The normalized spacial score (nSPS) is 18.6. The van der Waals surface area contributed by atoms with Gasteiger partial charge in [-0.05, 0) is 96.5 Å². The van der Waals surface area contributed by atoms with Crippen LogP contribution in [0.4, 0.5) is 0 Å². The number of aromatic nitrogens is 1. The molecule has 0 saturated heterocycles. The molecule has 0 bridgehead atoms. The number of aryl methyl sites for hydroxylation is 1. The van der Waals surface area contributed by atoms with Gasteiger partial charge in [0.05, 0.1) is 14.2 Å². The molecular formula is C40H59NO4. The third-order valence-electron chi connectivity index (χ3n) is 9.41. The molecule has 2 aromatic carbocycles. The molecule has 248 valence electrons. The Balaban J connectivity index is 0.000000552. The molecule has 1 aromatic heterocycles. The molecule has 45 heavy (non-hydrogen) atoms. The molecule has 5 nitrogen and oxygen atoms in total. The predicted molar refractivity (Wildman–Crippen MR) is 189 cm³/mol. The minimum atomic E-state index is -0.146. The number of hydrogen-bond donors (Lipinski definition) is 0. The average molecular weight is 618 g/mol. The summed E-state index contributed by atoms with van der Waals surface area (Å²) in [5, 5.41) is 0. The summed E-state index contributed by atoms with van der Waals surface area (Å²) < 4.78 is 24.3. The molecule has 6 rings (SSSR count). The molecule has 0 saturated carbocycles. The van der Waals surface area contributed by atoms with Gasteiger partial charge in [0.25, 0.3) is 5.88 Å². The quantitative estimate of drug-likeness (QED) is 0.229. The summed E-state index contributed by atoms with van der Waals surface area (Å²) in [5.41, 5.74) is 8.27. The van der Waals surface area contributed by atoms with Gasteiger partial charge in [0.15, 0.2) is 28.7 Å². The predicted octanol–water partition coefficient (Wildman–Crippen LogP) is 11.8. The molecule has 1 aliphatic heterocycles. The lowest BCUT2D eigenvalue weighted by Crippen LogP contribution is -2.27. The molecule has 0 N–H and O–H groups in total. The van der Waals surface area contributed by atoms with Crippen molar-refractivity contribution in [2.45, 2.75) is 138 Å². The smallest absolute Gasteiger partial charge is 0.263 e. The lowest BCUT2D eigenvalue weighted by molar-refractivity contribution is 0.342. The second-order valence-electron chi connectivity index (χ2n) is 13.8. The SMILES string of the molecule is CC.CCC.CCCC.COc1cc2c(cc1OC)C1(CC2(C)C)CC(C)(C)c2cc3c(cc21)Oc1c(nc(C)c(C)c1C)O3. The molecule has 0 fully saturated rings. The van der Waals surface area contributed by atoms with Crippen molar-refractivity contribution < 1.29 is 18.9 Å². The molecule has 1 atom stereocenters. The van der Waals surface area contributed by atoms with Crippen molar-refractivity contribution in [1.82, 2.24) is 4.98 Å². The number of unbranched alkanes of at least 4 members (excludes halogenated alkanes) is 1. The van der Waals surface area contributed by atoms with Gasteiger partial charge in [0.2, 0.25) is 0 Å². The Morgan fingerprint density at radius 2 is 1.09 bits per heavy atom. The summed E-state index contributed by atoms with van der Waals surface area (Å²) >= 11 is 0. The van der Waals surface area contributed by atoms with Crippen LogP contribution in [0.2, 0.25) is 0 Å². The maximum Gasteiger partial charge on any atom is 0.263 e. The minimum Gasteiger partial charge on any atom is -0.493 e. The zero-order valence-corrected chi connectivity index (χ0v) is 30.9. The lowest BCUT2D eigenvalue weighted by atomic mass is 9.72. The van der Waals surface area contributed by atoms with Crippen LogP contribution in [-0.2, 0) is 16.2 Å². The zero-order valence-electron chi connectivity index (χ0n) is 30.9.